The number of urea groups is 1. The number of nitrogens with zero attached hydrogens (tertiary/aromatic N) is 2. The molecule has 0 aromatic carbocycles. The van der Waals surface area contributed by atoms with Gasteiger partial charge in [-0.3, -0.25) is 5.32 Å². The van der Waals surface area contributed by atoms with Crippen molar-refractivity contribution < 1.29 is 4.79 Å². The lowest BCUT2D eigenvalue weighted by Gasteiger charge is -2.36. The Kier molecular flexibility index (Phi) is 4.19. The number of amides is 2. The van der Waals surface area contributed by atoms with Gasteiger partial charge in [-0.1, -0.05) is 12.8 Å². The third-order valence-electron chi connectivity index (χ3n) is 3.71. The minimum Gasteiger partial charge on any atom is -0.336 e. The van der Waals surface area contributed by atoms with E-state index in [0.29, 0.717) is 11.7 Å². The maximum Gasteiger partial charge on any atom is 0.321 e. The van der Waals surface area contributed by atoms with Gasteiger partial charge in [0.1, 0.15) is 0 Å². The Morgan fingerprint density at radius 1 is 1.50 bits per heavy atom. The molecule has 18 heavy (non-hydrogen) atoms. The Hall–Kier alpha value is -1.14. The Labute approximate surface area is 112 Å². The summed E-state index contributed by atoms with van der Waals surface area (Å²) in [5.74, 6) is 0. The van der Waals surface area contributed by atoms with Crippen molar-refractivity contribution in [3.05, 3.63) is 11.6 Å². The molecule has 0 unspecified atom stereocenters. The second kappa shape index (κ2) is 5.67. The molecule has 2 rings (SSSR count). The lowest BCUT2D eigenvalue weighted by molar-refractivity contribution is 0.156. The van der Waals surface area contributed by atoms with Crippen LogP contribution in [-0.2, 0) is 0 Å². The van der Waals surface area contributed by atoms with Crippen LogP contribution in [0.5, 0.6) is 0 Å². The molecule has 1 fully saturated rings. The number of aromatic nitrogens is 1. The second-order valence-electron chi connectivity index (χ2n) is 4.97. The zero-order valence-corrected chi connectivity index (χ0v) is 11.7. The van der Waals surface area contributed by atoms with E-state index in [0.717, 1.165) is 12.8 Å². The Morgan fingerprint density at radius 2 is 2.22 bits per heavy atom. The second-order valence-corrected chi connectivity index (χ2v) is 5.87. The highest BCUT2D eigenvalue weighted by Crippen LogP contribution is 2.33. The zero-order chi connectivity index (χ0) is 13.0. The predicted molar refractivity (Wildman–Crippen MR) is 74.0 cm³/mol. The molecule has 0 bridgehead atoms. The monoisotopic (exact) mass is 268 g/mol. The molecular formula is C12H20N4OS. The van der Waals surface area contributed by atoms with Crippen LogP contribution in [-0.4, -0.2) is 42.1 Å². The average Bonchev–Trinajstić information content (AvgIpc) is 2.97. The molecular weight excluding hydrogens is 248 g/mol. The lowest BCUT2D eigenvalue weighted by Crippen LogP contribution is -2.51. The number of hydrogen-bond donors (Lipinski definition) is 2. The first kappa shape index (κ1) is 13.3. The van der Waals surface area contributed by atoms with Gasteiger partial charge in [0.15, 0.2) is 5.13 Å². The molecule has 1 aliphatic carbocycles. The van der Waals surface area contributed by atoms with Crippen LogP contribution in [0.1, 0.15) is 25.7 Å². The summed E-state index contributed by atoms with van der Waals surface area (Å²) in [6, 6.07) is -0.168. The van der Waals surface area contributed by atoms with E-state index < -0.39 is 0 Å². The maximum atomic E-state index is 11.8. The fourth-order valence-electron chi connectivity index (χ4n) is 2.49. The minimum atomic E-state index is -0.168. The van der Waals surface area contributed by atoms with Crippen molar-refractivity contribution in [3.8, 4) is 0 Å². The van der Waals surface area contributed by atoms with Crippen molar-refractivity contribution in [1.82, 2.24) is 15.2 Å². The molecule has 0 spiro atoms. The number of carbonyl (C=O) groups excluding carboxylic acids is 1. The van der Waals surface area contributed by atoms with Crippen molar-refractivity contribution >= 4 is 22.5 Å². The minimum absolute atomic E-state index is 0.125. The lowest BCUT2D eigenvalue weighted by atomic mass is 9.96. The highest BCUT2D eigenvalue weighted by atomic mass is 32.1. The first-order valence-corrected chi connectivity index (χ1v) is 7.12. The topological polar surface area (TPSA) is 57.3 Å². The highest BCUT2D eigenvalue weighted by Gasteiger charge is 2.36. The van der Waals surface area contributed by atoms with Crippen LogP contribution < -0.4 is 10.6 Å². The van der Waals surface area contributed by atoms with E-state index in [9.17, 15) is 4.79 Å². The van der Waals surface area contributed by atoms with Crippen molar-refractivity contribution in [2.45, 2.75) is 31.2 Å². The third kappa shape index (κ3) is 3.00. The molecule has 5 nitrogen and oxygen atoms in total. The van der Waals surface area contributed by atoms with Crippen LogP contribution in [0.4, 0.5) is 9.93 Å². The molecule has 2 N–H and O–H groups in total. The van der Waals surface area contributed by atoms with Crippen LogP contribution in [0.15, 0.2) is 11.6 Å². The van der Waals surface area contributed by atoms with Gasteiger partial charge in [0.05, 0.1) is 0 Å². The van der Waals surface area contributed by atoms with E-state index in [1.54, 1.807) is 6.20 Å². The van der Waals surface area contributed by atoms with Gasteiger partial charge in [-0.05, 0) is 26.9 Å². The average molecular weight is 268 g/mol. The molecule has 6 heteroatoms. The maximum absolute atomic E-state index is 11.8. The summed E-state index contributed by atoms with van der Waals surface area (Å²) in [5.41, 5.74) is 0.125. The van der Waals surface area contributed by atoms with E-state index in [1.807, 2.05) is 5.38 Å². The Balaban J connectivity index is 1.84. The molecule has 100 valence electrons. The SMILES string of the molecule is CN(C)C1(CNC(=O)Nc2nccs2)CCCC1. The smallest absolute Gasteiger partial charge is 0.321 e. The first-order valence-electron chi connectivity index (χ1n) is 6.24. The number of rotatable bonds is 4. The fraction of sp³-hybridized carbons (Fsp3) is 0.667. The molecule has 1 aliphatic rings. The molecule has 0 radical (unpaired) electrons. The van der Waals surface area contributed by atoms with Gasteiger partial charge in [0.25, 0.3) is 0 Å². The summed E-state index contributed by atoms with van der Waals surface area (Å²) in [7, 11) is 4.18. The van der Waals surface area contributed by atoms with Crippen LogP contribution in [0.2, 0.25) is 0 Å². The Morgan fingerprint density at radius 3 is 2.78 bits per heavy atom. The fourth-order valence-corrected chi connectivity index (χ4v) is 3.01. The Bertz CT molecular complexity index is 385. The number of nitrogens with one attached hydrogen (secondary N) is 2. The van der Waals surface area contributed by atoms with Crippen molar-refractivity contribution in [3.63, 3.8) is 0 Å². The van der Waals surface area contributed by atoms with Crippen LogP contribution in [0.25, 0.3) is 0 Å². The van der Waals surface area contributed by atoms with E-state index in [2.05, 4.69) is 34.6 Å². The van der Waals surface area contributed by atoms with E-state index in [4.69, 9.17) is 0 Å². The van der Waals surface area contributed by atoms with Gasteiger partial charge < -0.3 is 10.2 Å². The van der Waals surface area contributed by atoms with Gasteiger partial charge in [-0.25, -0.2) is 9.78 Å². The third-order valence-corrected chi connectivity index (χ3v) is 4.40. The number of likely N-dealkylation sites (N-methyl/N-ethyl adjacent to an activating group) is 1. The standard InChI is InChI=1S/C12H20N4OS/c1-16(2)12(5-3-4-6-12)9-14-10(17)15-11-13-7-8-18-11/h7-8H,3-6,9H2,1-2H3,(H2,13,14,15,17). The van der Waals surface area contributed by atoms with E-state index in [-0.39, 0.29) is 11.6 Å². The van der Waals surface area contributed by atoms with Crippen molar-refractivity contribution in [2.24, 2.45) is 0 Å². The zero-order valence-electron chi connectivity index (χ0n) is 10.9. The van der Waals surface area contributed by atoms with Gasteiger partial charge in [0, 0.05) is 23.7 Å². The predicted octanol–water partition coefficient (Wildman–Crippen LogP) is 2.14. The molecule has 2 amide bonds. The van der Waals surface area contributed by atoms with Crippen molar-refractivity contribution in [2.75, 3.05) is 26.0 Å². The van der Waals surface area contributed by atoms with Gasteiger partial charge >= 0.3 is 6.03 Å². The summed E-state index contributed by atoms with van der Waals surface area (Å²) in [6.45, 7) is 0.692. The summed E-state index contributed by atoms with van der Waals surface area (Å²) >= 11 is 1.42. The number of carbonyl (C=O) groups is 1. The molecule has 1 saturated carbocycles. The van der Waals surface area contributed by atoms with Gasteiger partial charge in [-0.15, -0.1) is 11.3 Å². The van der Waals surface area contributed by atoms with Crippen LogP contribution >= 0.6 is 11.3 Å². The normalized spacial score (nSPS) is 17.9. The summed E-state index contributed by atoms with van der Waals surface area (Å²) in [4.78, 5) is 18.0. The van der Waals surface area contributed by atoms with E-state index >= 15 is 0 Å². The number of thiazole rings is 1. The largest absolute Gasteiger partial charge is 0.336 e. The van der Waals surface area contributed by atoms with E-state index in [1.165, 1.54) is 24.2 Å². The molecule has 0 saturated heterocycles. The van der Waals surface area contributed by atoms with Gasteiger partial charge in [-0.2, -0.15) is 0 Å². The quantitative estimate of drug-likeness (QED) is 0.879. The molecule has 0 atom stereocenters. The summed E-state index contributed by atoms with van der Waals surface area (Å²) in [6.07, 6.45) is 6.47. The summed E-state index contributed by atoms with van der Waals surface area (Å²) < 4.78 is 0. The van der Waals surface area contributed by atoms with Crippen LogP contribution in [0.3, 0.4) is 0 Å². The molecule has 1 aromatic rings. The van der Waals surface area contributed by atoms with Gasteiger partial charge in [0.2, 0.25) is 0 Å². The molecule has 1 heterocycles. The summed E-state index contributed by atoms with van der Waals surface area (Å²) in [5, 5.41) is 8.18. The first-order chi connectivity index (χ1) is 8.62. The van der Waals surface area contributed by atoms with Crippen molar-refractivity contribution in [1.29, 1.82) is 0 Å². The molecule has 0 aliphatic heterocycles. The number of anilines is 1. The molecule has 1 aromatic heterocycles. The van der Waals surface area contributed by atoms with Crippen LogP contribution in [0, 0.1) is 0 Å². The number of hydrogen-bond acceptors (Lipinski definition) is 4. The highest BCUT2D eigenvalue weighted by molar-refractivity contribution is 7.13.